The Morgan fingerprint density at radius 1 is 1.25 bits per heavy atom. The summed E-state index contributed by atoms with van der Waals surface area (Å²) >= 11 is 0. The molecule has 0 unspecified atom stereocenters. The fourth-order valence-corrected chi connectivity index (χ4v) is 0. The molecule has 0 aliphatic carbocycles. The van der Waals surface area contributed by atoms with Crippen LogP contribution in [-0.4, -0.2) is 21.0 Å². The molecule has 0 fully saturated rings. The van der Waals surface area contributed by atoms with E-state index in [1.807, 2.05) is 0 Å². The second-order valence-electron chi connectivity index (χ2n) is 0.551. The van der Waals surface area contributed by atoms with Gasteiger partial charge >= 0.3 is 6.68 Å². The van der Waals surface area contributed by atoms with Crippen molar-refractivity contribution in [3.63, 3.8) is 0 Å². The van der Waals surface area contributed by atoms with Crippen LogP contribution in [-0.2, 0) is 10.3 Å². The predicted octanol–water partition coefficient (Wildman–Crippen LogP) is 0.476. The van der Waals surface area contributed by atoms with Gasteiger partial charge in [0.1, 0.15) is 0 Å². The first kappa shape index (κ1) is 10.5. The van der Waals surface area contributed by atoms with Crippen molar-refractivity contribution in [3.8, 4) is 0 Å². The summed E-state index contributed by atoms with van der Waals surface area (Å²) in [5, 5.41) is 0. The van der Waals surface area contributed by atoms with Crippen molar-refractivity contribution in [2.24, 2.45) is 0 Å². The van der Waals surface area contributed by atoms with Gasteiger partial charge < -0.3 is 0 Å². The molecule has 0 aromatic heterocycles. The average molecular weight is 148 g/mol. The van der Waals surface area contributed by atoms with Gasteiger partial charge in [-0.1, -0.05) is 0 Å². The molecule has 0 aliphatic heterocycles. The first-order valence-corrected chi connectivity index (χ1v) is 2.52. The summed E-state index contributed by atoms with van der Waals surface area (Å²) < 4.78 is 46.8. The molecule has 6 heteroatoms. The van der Waals surface area contributed by atoms with Crippen LogP contribution in [0.5, 0.6) is 0 Å². The van der Waals surface area contributed by atoms with Crippen LogP contribution in [0.4, 0.5) is 13.2 Å². The Morgan fingerprint density at radius 3 is 1.25 bits per heavy atom. The van der Waals surface area contributed by atoms with Gasteiger partial charge in [0.05, 0.1) is 0 Å². The summed E-state index contributed by atoms with van der Waals surface area (Å²) in [7, 11) is -2.11. The molecule has 0 N–H and O–H groups in total. The van der Waals surface area contributed by atoms with Crippen LogP contribution in [0.15, 0.2) is 0 Å². The maximum atomic E-state index is 9.67. The van der Waals surface area contributed by atoms with Crippen molar-refractivity contribution in [2.45, 2.75) is 6.68 Å². The zero-order valence-corrected chi connectivity index (χ0v) is 4.46. The molecule has 8 heavy (non-hydrogen) atoms. The Kier molecular flexibility index (Phi) is 8.47. The molecule has 0 bridgehead atoms. The maximum Gasteiger partial charge on any atom is 0.379 e. The molecule has 0 saturated heterocycles. The van der Waals surface area contributed by atoms with E-state index in [2.05, 4.69) is 5.87 Å². The van der Waals surface area contributed by atoms with Gasteiger partial charge in [-0.15, -0.1) is 0 Å². The number of hydrogen-bond donors (Lipinski definition) is 0. The maximum absolute atomic E-state index is 9.67. The molecule has 0 amide bonds. The van der Waals surface area contributed by atoms with E-state index in [0.717, 1.165) is 0 Å². The lowest BCUT2D eigenvalue weighted by Gasteiger charge is -1.65. The molecule has 2 nitrogen and oxygen atoms in total. The van der Waals surface area contributed by atoms with Crippen LogP contribution in [0.3, 0.4) is 0 Å². The summed E-state index contributed by atoms with van der Waals surface area (Å²) in [6.45, 7) is -3.67. The van der Waals surface area contributed by atoms with E-state index in [1.165, 1.54) is 0 Å². The lowest BCUT2D eigenvalue weighted by Crippen LogP contribution is -1.65. The monoisotopic (exact) mass is 148 g/mol. The third-order valence-electron chi connectivity index (χ3n) is 0. The largest absolute Gasteiger partial charge is 0.379 e. The normalized spacial score (nSPS) is 7.50. The first-order valence-electron chi connectivity index (χ1n) is 1.28. The van der Waals surface area contributed by atoms with Gasteiger partial charge in [-0.05, 0) is 0 Å². The van der Waals surface area contributed by atoms with Crippen LogP contribution in [0.25, 0.3) is 0 Å². The van der Waals surface area contributed by atoms with Gasteiger partial charge in [-0.2, -0.15) is 21.6 Å². The molecule has 0 aromatic carbocycles. The molecule has 0 atom stereocenters. The number of hydrogen-bond acceptors (Lipinski definition) is 2. The minimum atomic E-state index is -3.67. The van der Waals surface area contributed by atoms with Gasteiger partial charge in [-0.3, -0.25) is 0 Å². The van der Waals surface area contributed by atoms with E-state index in [9.17, 15) is 13.2 Å². The molecule has 0 spiro atoms. The SMILES string of the molecule is C=S(=O)=O.FC(F)F. The van der Waals surface area contributed by atoms with Crippen molar-refractivity contribution in [3.05, 3.63) is 0 Å². The van der Waals surface area contributed by atoms with Crippen LogP contribution in [0, 0.1) is 0 Å². The zero-order chi connectivity index (χ0) is 7.15. The highest BCUT2D eigenvalue weighted by Gasteiger charge is 1.86. The number of alkyl halides is 3. The summed E-state index contributed by atoms with van der Waals surface area (Å²) in [5.74, 6) is 2.56. The molecular formula is C2H3F3O2S. The van der Waals surface area contributed by atoms with Crippen LogP contribution >= 0.6 is 0 Å². The topological polar surface area (TPSA) is 34.1 Å². The van der Waals surface area contributed by atoms with Crippen molar-refractivity contribution < 1.29 is 21.6 Å². The van der Waals surface area contributed by atoms with Crippen molar-refractivity contribution >= 4 is 16.2 Å². The van der Waals surface area contributed by atoms with Gasteiger partial charge in [0.25, 0.3) is 0 Å². The van der Waals surface area contributed by atoms with E-state index >= 15 is 0 Å². The van der Waals surface area contributed by atoms with E-state index < -0.39 is 17.0 Å². The smallest absolute Gasteiger partial charge is 0.185 e. The Balaban J connectivity index is 0. The van der Waals surface area contributed by atoms with E-state index in [0.29, 0.717) is 0 Å². The summed E-state index contributed by atoms with van der Waals surface area (Å²) in [6.07, 6.45) is 0. The quantitative estimate of drug-likeness (QED) is 0.468. The van der Waals surface area contributed by atoms with E-state index in [4.69, 9.17) is 8.42 Å². The number of rotatable bonds is 0. The Morgan fingerprint density at radius 2 is 1.25 bits per heavy atom. The fraction of sp³-hybridized carbons (Fsp3) is 0.500. The standard InChI is InChI=1S/CHF3.CH2O2S/c2-1(3)4;1-4(2)3/h1H;1H2. The molecule has 50 valence electrons. The molecule has 0 radical (unpaired) electrons. The highest BCUT2D eigenvalue weighted by molar-refractivity contribution is 7.70. The minimum absolute atomic E-state index is 2.11. The Hall–Kier alpha value is -0.520. The number of halogens is 3. The molecule has 0 rings (SSSR count). The average Bonchev–Trinajstić information content (AvgIpc) is 1.25. The molecule has 0 heterocycles. The van der Waals surface area contributed by atoms with Crippen molar-refractivity contribution in [1.29, 1.82) is 0 Å². The highest BCUT2D eigenvalue weighted by Crippen LogP contribution is 1.87. The molecule has 0 aliphatic rings. The molecule has 0 saturated carbocycles. The fourth-order valence-electron chi connectivity index (χ4n) is 0. The van der Waals surface area contributed by atoms with Gasteiger partial charge in [0.2, 0.25) is 10.3 Å². The van der Waals surface area contributed by atoms with Crippen LogP contribution in [0.1, 0.15) is 0 Å². The zero-order valence-electron chi connectivity index (χ0n) is 3.64. The second kappa shape index (κ2) is 6.48. The second-order valence-corrected chi connectivity index (χ2v) is 1.16. The highest BCUT2D eigenvalue weighted by atomic mass is 32.2. The van der Waals surface area contributed by atoms with Crippen LogP contribution < -0.4 is 0 Å². The van der Waals surface area contributed by atoms with Crippen LogP contribution in [0.2, 0.25) is 0 Å². The third-order valence-corrected chi connectivity index (χ3v) is 0. The third kappa shape index (κ3) is 407. The van der Waals surface area contributed by atoms with E-state index in [1.54, 1.807) is 0 Å². The Bertz CT molecular complexity index is 113. The first-order chi connectivity index (χ1) is 3.46. The molecule has 0 aromatic rings. The van der Waals surface area contributed by atoms with E-state index in [-0.39, 0.29) is 0 Å². The predicted molar refractivity (Wildman–Crippen MR) is 23.2 cm³/mol. The Labute approximate surface area is 45.5 Å². The van der Waals surface area contributed by atoms with Crippen molar-refractivity contribution in [1.82, 2.24) is 0 Å². The van der Waals surface area contributed by atoms with Gasteiger partial charge in [-0.25, -0.2) is 0 Å². The lowest BCUT2D eigenvalue weighted by molar-refractivity contribution is 0.00819. The van der Waals surface area contributed by atoms with Gasteiger partial charge in [0, 0.05) is 5.87 Å². The summed E-state index contributed by atoms with van der Waals surface area (Å²) in [5.41, 5.74) is 0. The minimum Gasteiger partial charge on any atom is -0.185 e. The van der Waals surface area contributed by atoms with Crippen molar-refractivity contribution in [2.75, 3.05) is 0 Å². The molecular weight excluding hydrogens is 145 g/mol. The van der Waals surface area contributed by atoms with Gasteiger partial charge in [0.15, 0.2) is 0 Å². The summed E-state index contributed by atoms with van der Waals surface area (Å²) in [4.78, 5) is 0. The lowest BCUT2D eigenvalue weighted by atomic mass is 11.6. The summed E-state index contributed by atoms with van der Waals surface area (Å²) in [6, 6.07) is 0.